The molecule has 7 nitrogen and oxygen atoms in total. The molecule has 0 aromatic heterocycles. The van der Waals surface area contributed by atoms with Gasteiger partial charge in [0.2, 0.25) is 11.7 Å². The third-order valence-corrected chi connectivity index (χ3v) is 3.91. The Morgan fingerprint density at radius 1 is 1.18 bits per heavy atom. The van der Waals surface area contributed by atoms with E-state index in [1.807, 2.05) is 13.0 Å². The van der Waals surface area contributed by atoms with Crippen LogP contribution in [0.15, 0.2) is 65.7 Å². The SMILES string of the molecule is CCOc1ccc(/C=C2\OC(Nc3ccccc3)=C(C(=O)[O-])C2=O)cc1OC. The number of carbonyl (C=O) groups is 2. The van der Waals surface area contributed by atoms with E-state index in [2.05, 4.69) is 5.32 Å². The molecule has 2 aromatic carbocycles. The number of carbonyl (C=O) groups excluding carboxylic acids is 2. The maximum absolute atomic E-state index is 12.5. The lowest BCUT2D eigenvalue weighted by Gasteiger charge is -2.10. The predicted octanol–water partition coefficient (Wildman–Crippen LogP) is 2.11. The average Bonchev–Trinajstić information content (AvgIpc) is 2.99. The molecule has 0 aliphatic carbocycles. The van der Waals surface area contributed by atoms with Gasteiger partial charge < -0.3 is 29.4 Å². The topological polar surface area (TPSA) is 96.9 Å². The molecule has 1 heterocycles. The van der Waals surface area contributed by atoms with Gasteiger partial charge in [0.15, 0.2) is 17.3 Å². The summed E-state index contributed by atoms with van der Waals surface area (Å²) in [6.07, 6.45) is 1.43. The fourth-order valence-corrected chi connectivity index (χ4v) is 2.65. The van der Waals surface area contributed by atoms with E-state index in [0.717, 1.165) is 0 Å². The van der Waals surface area contributed by atoms with Gasteiger partial charge in [-0.15, -0.1) is 0 Å². The van der Waals surface area contributed by atoms with Crippen LogP contribution in [-0.4, -0.2) is 25.5 Å². The smallest absolute Gasteiger partial charge is 0.235 e. The second kappa shape index (κ2) is 8.30. The quantitative estimate of drug-likeness (QED) is 0.580. The number of nitrogens with one attached hydrogen (secondary N) is 1. The molecule has 1 aliphatic heterocycles. The summed E-state index contributed by atoms with van der Waals surface area (Å²) in [4.78, 5) is 24.0. The van der Waals surface area contributed by atoms with E-state index in [1.165, 1.54) is 13.2 Å². The van der Waals surface area contributed by atoms with Crippen molar-refractivity contribution in [2.45, 2.75) is 6.92 Å². The molecule has 2 aromatic rings. The van der Waals surface area contributed by atoms with Crippen molar-refractivity contribution in [1.29, 1.82) is 0 Å². The Hall–Kier alpha value is -3.74. The molecule has 0 saturated carbocycles. The minimum Gasteiger partial charge on any atom is -0.544 e. The molecule has 7 heteroatoms. The van der Waals surface area contributed by atoms with Crippen molar-refractivity contribution >= 4 is 23.5 Å². The van der Waals surface area contributed by atoms with Crippen molar-refractivity contribution in [2.24, 2.45) is 0 Å². The number of methoxy groups -OCH3 is 1. The number of anilines is 1. The highest BCUT2D eigenvalue weighted by Gasteiger charge is 2.31. The standard InChI is InChI=1S/C21H19NO6/c1-3-27-15-10-9-13(11-16(15)26-2)12-17-19(23)18(21(24)25)20(28-17)22-14-7-5-4-6-8-14/h4-12,22H,3H2,1-2H3,(H,24,25)/p-1/b17-12-. The van der Waals surface area contributed by atoms with Gasteiger partial charge in [0.05, 0.1) is 19.7 Å². The monoisotopic (exact) mass is 380 g/mol. The van der Waals surface area contributed by atoms with Crippen molar-refractivity contribution in [3.63, 3.8) is 0 Å². The summed E-state index contributed by atoms with van der Waals surface area (Å²) in [5, 5.41) is 14.3. The van der Waals surface area contributed by atoms with E-state index in [4.69, 9.17) is 14.2 Å². The van der Waals surface area contributed by atoms with E-state index in [9.17, 15) is 14.7 Å². The maximum atomic E-state index is 12.5. The fraction of sp³-hybridized carbons (Fsp3) is 0.143. The number of aliphatic carboxylic acids is 1. The lowest BCUT2D eigenvalue weighted by Crippen LogP contribution is -2.28. The van der Waals surface area contributed by atoms with Gasteiger partial charge in [-0.2, -0.15) is 0 Å². The molecule has 0 atom stereocenters. The minimum atomic E-state index is -1.61. The Labute approximate surface area is 161 Å². The van der Waals surface area contributed by atoms with Gasteiger partial charge >= 0.3 is 0 Å². The van der Waals surface area contributed by atoms with Gasteiger partial charge in [-0.05, 0) is 42.8 Å². The van der Waals surface area contributed by atoms with E-state index >= 15 is 0 Å². The lowest BCUT2D eigenvalue weighted by molar-refractivity contribution is -0.298. The second-order valence-electron chi connectivity index (χ2n) is 5.77. The van der Waals surface area contributed by atoms with Crippen LogP contribution in [0, 0.1) is 0 Å². The van der Waals surface area contributed by atoms with Gasteiger partial charge in [0.25, 0.3) is 0 Å². The zero-order valence-corrected chi connectivity index (χ0v) is 15.4. The number of carboxylic acids is 1. The highest BCUT2D eigenvalue weighted by molar-refractivity contribution is 6.25. The molecule has 0 bridgehead atoms. The van der Waals surface area contributed by atoms with Crippen molar-refractivity contribution < 1.29 is 28.9 Å². The number of Topliss-reactive ketones (excluding diaryl/α,β-unsaturated/α-hetero) is 1. The first-order valence-corrected chi connectivity index (χ1v) is 8.56. The Balaban J connectivity index is 1.90. The fourth-order valence-electron chi connectivity index (χ4n) is 2.65. The first kappa shape index (κ1) is 19.0. The molecule has 1 N–H and O–H groups in total. The number of hydrogen-bond acceptors (Lipinski definition) is 7. The number of ether oxygens (including phenoxy) is 3. The third kappa shape index (κ3) is 3.98. The van der Waals surface area contributed by atoms with Crippen LogP contribution in [0.4, 0.5) is 5.69 Å². The van der Waals surface area contributed by atoms with Crippen LogP contribution in [0.3, 0.4) is 0 Å². The van der Waals surface area contributed by atoms with Crippen LogP contribution in [0.5, 0.6) is 11.5 Å². The van der Waals surface area contributed by atoms with Crippen molar-refractivity contribution in [3.8, 4) is 11.5 Å². The Kier molecular flexibility index (Phi) is 5.64. The molecule has 3 rings (SSSR count). The summed E-state index contributed by atoms with van der Waals surface area (Å²) in [6.45, 7) is 2.33. The largest absolute Gasteiger partial charge is 0.544 e. The molecule has 0 radical (unpaired) electrons. The Morgan fingerprint density at radius 2 is 1.93 bits per heavy atom. The number of hydrogen-bond donors (Lipinski definition) is 1. The number of rotatable bonds is 7. The molecule has 0 spiro atoms. The van der Waals surface area contributed by atoms with Gasteiger partial charge in [-0.1, -0.05) is 24.3 Å². The van der Waals surface area contributed by atoms with E-state index in [-0.39, 0.29) is 11.6 Å². The zero-order chi connectivity index (χ0) is 20.1. The highest BCUT2D eigenvalue weighted by Crippen LogP contribution is 2.31. The van der Waals surface area contributed by atoms with Crippen molar-refractivity contribution in [2.75, 3.05) is 19.0 Å². The first-order chi connectivity index (χ1) is 13.5. The number of ketones is 1. The summed E-state index contributed by atoms with van der Waals surface area (Å²) in [6, 6.07) is 13.8. The summed E-state index contributed by atoms with van der Waals surface area (Å²) in [5.74, 6) is -1.66. The number of para-hydroxylation sites is 1. The van der Waals surface area contributed by atoms with Gasteiger partial charge in [-0.3, -0.25) is 4.79 Å². The number of allylic oxidation sites excluding steroid dienone is 1. The van der Waals surface area contributed by atoms with Crippen molar-refractivity contribution in [1.82, 2.24) is 0 Å². The zero-order valence-electron chi connectivity index (χ0n) is 15.4. The minimum absolute atomic E-state index is 0.135. The lowest BCUT2D eigenvalue weighted by atomic mass is 10.1. The predicted molar refractivity (Wildman–Crippen MR) is 100 cm³/mol. The maximum Gasteiger partial charge on any atom is 0.235 e. The van der Waals surface area contributed by atoms with Gasteiger partial charge in [-0.25, -0.2) is 0 Å². The highest BCUT2D eigenvalue weighted by atomic mass is 16.5. The van der Waals surface area contributed by atoms with Gasteiger partial charge in [0.1, 0.15) is 5.57 Å². The molecule has 0 saturated heterocycles. The molecule has 144 valence electrons. The van der Waals surface area contributed by atoms with E-state index in [0.29, 0.717) is 29.4 Å². The molecule has 0 amide bonds. The summed E-state index contributed by atoms with van der Waals surface area (Å²) < 4.78 is 16.2. The Morgan fingerprint density at radius 3 is 2.57 bits per heavy atom. The third-order valence-electron chi connectivity index (χ3n) is 3.91. The molecule has 0 fully saturated rings. The van der Waals surface area contributed by atoms with Crippen LogP contribution in [0.25, 0.3) is 6.08 Å². The Bertz CT molecular complexity index is 962. The average molecular weight is 380 g/mol. The number of carboxylic acid groups (broad SMARTS) is 1. The molecular formula is C21H18NO6-. The van der Waals surface area contributed by atoms with Crippen molar-refractivity contribution in [3.05, 3.63) is 71.3 Å². The van der Waals surface area contributed by atoms with Crippen LogP contribution in [0.2, 0.25) is 0 Å². The summed E-state index contributed by atoms with van der Waals surface area (Å²) >= 11 is 0. The molecule has 1 aliphatic rings. The van der Waals surface area contributed by atoms with E-state index < -0.39 is 17.3 Å². The second-order valence-corrected chi connectivity index (χ2v) is 5.77. The molecule has 28 heavy (non-hydrogen) atoms. The first-order valence-electron chi connectivity index (χ1n) is 8.56. The molecular weight excluding hydrogens is 362 g/mol. The molecule has 0 unspecified atom stereocenters. The summed E-state index contributed by atoms with van der Waals surface area (Å²) in [7, 11) is 1.50. The van der Waals surface area contributed by atoms with Crippen LogP contribution in [0.1, 0.15) is 12.5 Å². The van der Waals surface area contributed by atoms with Crippen LogP contribution in [-0.2, 0) is 14.3 Å². The normalized spacial score (nSPS) is 14.8. The summed E-state index contributed by atoms with van der Waals surface area (Å²) in [5.41, 5.74) is 0.600. The van der Waals surface area contributed by atoms with Crippen LogP contribution < -0.4 is 19.9 Å². The number of benzene rings is 2. The van der Waals surface area contributed by atoms with Gasteiger partial charge in [0, 0.05) is 5.69 Å². The van der Waals surface area contributed by atoms with E-state index in [1.54, 1.807) is 42.5 Å². The van der Waals surface area contributed by atoms with Crippen LogP contribution >= 0.6 is 0 Å².